The van der Waals surface area contributed by atoms with Crippen LogP contribution in [0.2, 0.25) is 0 Å². The van der Waals surface area contributed by atoms with Gasteiger partial charge in [-0.2, -0.15) is 0 Å². The summed E-state index contributed by atoms with van der Waals surface area (Å²) < 4.78 is 20.8. The maximum Gasteiger partial charge on any atom is 0.407 e. The molecule has 0 saturated carbocycles. The van der Waals surface area contributed by atoms with Crippen molar-refractivity contribution in [2.45, 2.75) is 25.0 Å². The van der Waals surface area contributed by atoms with Crippen LogP contribution in [0.25, 0.3) is 5.69 Å². The van der Waals surface area contributed by atoms with Gasteiger partial charge in [-0.15, -0.1) is 5.10 Å². The van der Waals surface area contributed by atoms with Crippen molar-refractivity contribution in [2.75, 3.05) is 6.54 Å². The normalized spacial score (nSPS) is 19.2. The van der Waals surface area contributed by atoms with Crippen molar-refractivity contribution in [1.82, 2.24) is 20.3 Å². The monoisotopic (exact) mass is 349 g/mol. The lowest BCUT2D eigenvalue weighted by Crippen LogP contribution is -2.49. The Bertz CT molecular complexity index is 839. The molecule has 1 aliphatic heterocycles. The topological polar surface area (TPSA) is 132 Å². The van der Waals surface area contributed by atoms with E-state index in [9.17, 15) is 14.0 Å². The number of nitrogens with one attached hydrogen (secondary N) is 1. The van der Waals surface area contributed by atoms with E-state index in [1.165, 1.54) is 29.9 Å². The van der Waals surface area contributed by atoms with Crippen LogP contribution in [0, 0.1) is 5.82 Å². The minimum atomic E-state index is -1.41. The van der Waals surface area contributed by atoms with Crippen LogP contribution in [0.15, 0.2) is 24.4 Å². The lowest BCUT2D eigenvalue weighted by Gasteiger charge is -2.31. The van der Waals surface area contributed by atoms with Crippen LogP contribution in [0.1, 0.15) is 18.2 Å². The van der Waals surface area contributed by atoms with Crippen LogP contribution in [-0.4, -0.2) is 44.7 Å². The van der Waals surface area contributed by atoms with E-state index in [0.717, 1.165) is 6.07 Å². The Balaban J connectivity index is 2.00. The number of carbonyl (C=O) groups excluding carboxylic acids is 2. The number of rotatable bonds is 5. The first-order valence-corrected chi connectivity index (χ1v) is 7.43. The van der Waals surface area contributed by atoms with Gasteiger partial charge in [0.25, 0.3) is 0 Å². The molecule has 1 fully saturated rings. The molecule has 2 unspecified atom stereocenters. The quantitative estimate of drug-likeness (QED) is 0.682. The molecule has 0 spiro atoms. The molecule has 2 heterocycles. The largest absolute Gasteiger partial charge is 0.443 e. The lowest BCUT2D eigenvalue weighted by molar-refractivity contribution is -0.126. The molecule has 2 amide bonds. The molecule has 0 bridgehead atoms. The second-order valence-corrected chi connectivity index (χ2v) is 5.82. The number of hydrogen-bond donors (Lipinski definition) is 3. The zero-order valence-electron chi connectivity index (χ0n) is 13.3. The summed E-state index contributed by atoms with van der Waals surface area (Å²) in [7, 11) is 0. The molecule has 3 rings (SSSR count). The number of halogens is 1. The van der Waals surface area contributed by atoms with Crippen molar-refractivity contribution in [1.29, 1.82) is 0 Å². The van der Waals surface area contributed by atoms with Crippen LogP contribution >= 0.6 is 0 Å². The van der Waals surface area contributed by atoms with E-state index in [0.29, 0.717) is 0 Å². The first kappa shape index (κ1) is 16.8. The maximum atomic E-state index is 14.6. The van der Waals surface area contributed by atoms with Gasteiger partial charge in [-0.1, -0.05) is 11.3 Å². The number of nitrogens with two attached hydrogens (primary N) is 1. The number of cyclic esters (lactones) is 1. The van der Waals surface area contributed by atoms with Crippen molar-refractivity contribution in [2.24, 2.45) is 5.73 Å². The molecule has 132 valence electrons. The summed E-state index contributed by atoms with van der Waals surface area (Å²) in [5.41, 5.74) is 4.75. The first-order valence-electron chi connectivity index (χ1n) is 7.43. The molecule has 1 aromatic heterocycles. The number of aliphatic hydroxyl groups excluding tert-OH is 1. The second-order valence-electron chi connectivity index (χ2n) is 5.82. The number of primary amides is 1. The Morgan fingerprint density at radius 3 is 2.88 bits per heavy atom. The molecule has 1 aliphatic rings. The van der Waals surface area contributed by atoms with Crippen molar-refractivity contribution in [3.8, 4) is 5.69 Å². The van der Waals surface area contributed by atoms with Gasteiger partial charge in [0.15, 0.2) is 0 Å². The van der Waals surface area contributed by atoms with Crippen LogP contribution in [-0.2, 0) is 21.6 Å². The highest BCUT2D eigenvalue weighted by molar-refractivity contribution is 5.88. The minimum Gasteiger partial charge on any atom is -0.443 e. The van der Waals surface area contributed by atoms with Gasteiger partial charge in [0, 0.05) is 0 Å². The number of carbonyl (C=O) groups is 2. The predicted molar refractivity (Wildman–Crippen MR) is 82.1 cm³/mol. The van der Waals surface area contributed by atoms with E-state index in [1.807, 2.05) is 0 Å². The Morgan fingerprint density at radius 1 is 1.60 bits per heavy atom. The number of aliphatic hydroxyl groups is 1. The van der Waals surface area contributed by atoms with Gasteiger partial charge in [0.1, 0.15) is 28.7 Å². The molecule has 9 nitrogen and oxygen atoms in total. The van der Waals surface area contributed by atoms with E-state index in [-0.39, 0.29) is 30.1 Å². The molecule has 1 saturated heterocycles. The Kier molecular flexibility index (Phi) is 4.13. The number of nitrogens with zero attached hydrogens (tertiary/aromatic N) is 3. The lowest BCUT2D eigenvalue weighted by atomic mass is 9.76. The maximum absolute atomic E-state index is 14.6. The van der Waals surface area contributed by atoms with Gasteiger partial charge in [-0.3, -0.25) is 4.79 Å². The van der Waals surface area contributed by atoms with Crippen LogP contribution in [0.4, 0.5) is 9.18 Å². The van der Waals surface area contributed by atoms with Crippen LogP contribution in [0.3, 0.4) is 0 Å². The van der Waals surface area contributed by atoms with Crippen LogP contribution < -0.4 is 11.1 Å². The van der Waals surface area contributed by atoms with Crippen molar-refractivity contribution < 1.29 is 23.8 Å². The smallest absolute Gasteiger partial charge is 0.407 e. The number of alkyl carbamates (subject to hydrolysis) is 1. The summed E-state index contributed by atoms with van der Waals surface area (Å²) in [5, 5.41) is 18.9. The number of amides is 2. The fraction of sp³-hybridized carbons (Fsp3) is 0.333. The molecular weight excluding hydrogens is 333 g/mol. The third-order valence-corrected chi connectivity index (χ3v) is 4.33. The van der Waals surface area contributed by atoms with E-state index in [4.69, 9.17) is 15.6 Å². The molecule has 2 atom stereocenters. The number of hydrogen-bond acceptors (Lipinski definition) is 6. The highest BCUT2D eigenvalue weighted by atomic mass is 19.1. The summed E-state index contributed by atoms with van der Waals surface area (Å²) in [5.74, 6) is -1.42. The van der Waals surface area contributed by atoms with E-state index in [1.54, 1.807) is 0 Å². The number of ether oxygens (including phenoxy) is 1. The number of aromatic nitrogens is 3. The summed E-state index contributed by atoms with van der Waals surface area (Å²) in [4.78, 5) is 23.3. The predicted octanol–water partition coefficient (Wildman–Crippen LogP) is -0.250. The number of benzene rings is 1. The molecule has 2 aromatic rings. The highest BCUT2D eigenvalue weighted by Gasteiger charge is 2.47. The summed E-state index contributed by atoms with van der Waals surface area (Å²) in [6.45, 7) is 1.26. The summed E-state index contributed by atoms with van der Waals surface area (Å²) in [6, 6.07) is 4.06. The third-order valence-electron chi connectivity index (χ3n) is 4.33. The highest BCUT2D eigenvalue weighted by Crippen LogP contribution is 2.32. The van der Waals surface area contributed by atoms with Crippen LogP contribution in [0.5, 0.6) is 0 Å². The fourth-order valence-corrected chi connectivity index (χ4v) is 2.70. The molecular formula is C15H16FN5O4. The van der Waals surface area contributed by atoms with Gasteiger partial charge < -0.3 is 20.9 Å². The van der Waals surface area contributed by atoms with E-state index >= 15 is 0 Å². The first-order chi connectivity index (χ1) is 11.9. The average molecular weight is 349 g/mol. The second kappa shape index (κ2) is 6.13. The van der Waals surface area contributed by atoms with Crippen molar-refractivity contribution >= 4 is 12.0 Å². The Labute approximate surface area is 141 Å². The molecule has 0 radical (unpaired) electrons. The molecule has 0 aliphatic carbocycles. The standard InChI is InChI=1S/C15H16FN5O4/c1-15(13(17)23,12-5-18-14(24)25-12)8-2-3-11(10(16)4-8)21-6-9(7-22)19-20-21/h2-4,6,12,22H,5,7H2,1H3,(H2,17,23)(H,18,24). The summed E-state index contributed by atoms with van der Waals surface area (Å²) in [6.07, 6.45) is -0.127. The third kappa shape index (κ3) is 2.80. The van der Waals surface area contributed by atoms with E-state index in [2.05, 4.69) is 15.6 Å². The zero-order valence-corrected chi connectivity index (χ0v) is 13.3. The van der Waals surface area contributed by atoms with Gasteiger partial charge in [-0.25, -0.2) is 13.9 Å². The molecule has 1 aromatic carbocycles. The van der Waals surface area contributed by atoms with E-state index < -0.39 is 29.3 Å². The van der Waals surface area contributed by atoms with Gasteiger partial charge in [0.05, 0.1) is 19.3 Å². The van der Waals surface area contributed by atoms with Gasteiger partial charge in [-0.05, 0) is 24.6 Å². The SMILES string of the molecule is CC(C(N)=O)(c1ccc(-n2cc(CO)nn2)c(F)c1)C1CNC(=O)O1. The van der Waals surface area contributed by atoms with Crippen molar-refractivity contribution in [3.63, 3.8) is 0 Å². The minimum absolute atomic E-state index is 0.0873. The van der Waals surface area contributed by atoms with Crippen molar-refractivity contribution in [3.05, 3.63) is 41.5 Å². The average Bonchev–Trinajstić information content (AvgIpc) is 3.22. The Morgan fingerprint density at radius 2 is 2.36 bits per heavy atom. The molecule has 25 heavy (non-hydrogen) atoms. The molecule has 4 N–H and O–H groups in total. The molecule has 10 heteroatoms. The zero-order chi connectivity index (χ0) is 18.2. The Hall–Kier alpha value is -3.01. The van der Waals surface area contributed by atoms with Gasteiger partial charge in [0.2, 0.25) is 5.91 Å². The fourth-order valence-electron chi connectivity index (χ4n) is 2.70. The van der Waals surface area contributed by atoms with Gasteiger partial charge >= 0.3 is 6.09 Å². The summed E-state index contributed by atoms with van der Waals surface area (Å²) >= 11 is 0.